The summed E-state index contributed by atoms with van der Waals surface area (Å²) in [4.78, 5) is 72.3. The molecular weight excluding hydrogens is 752 g/mol. The van der Waals surface area contributed by atoms with Crippen molar-refractivity contribution in [1.82, 2.24) is 0 Å². The van der Waals surface area contributed by atoms with Gasteiger partial charge in [-0.2, -0.15) is 0 Å². The van der Waals surface area contributed by atoms with Gasteiger partial charge in [0.2, 0.25) is 11.8 Å². The summed E-state index contributed by atoms with van der Waals surface area (Å²) in [6.07, 6.45) is 0. The smallest absolute Gasteiger partial charge is 0.338 e. The maximum absolute atomic E-state index is 13.0. The standard InChI is InChI=1S/C40H38N8O10/c1-19-15-25(7-11-31(19)43-35(21(3)49)37(53)47-45-33-13-9-27(41-23(5)51)17-29(33)39(55)56)26-8-12-32(20(2)16-26)44-36(22(4)50)38(54)48-46-34-14-10-28(42-24(6)52)18-30(34)40(57)58/h7-18,43-44,49-50H,1-6H3,(H,41,51)(H,42,52)(H,55,56)(H,57,58). The Kier molecular flexibility index (Phi) is 13.7. The summed E-state index contributed by atoms with van der Waals surface area (Å²) in [5.74, 6) is -6.33. The number of carboxylic acid groups (broad SMARTS) is 2. The van der Waals surface area contributed by atoms with Crippen LogP contribution in [-0.4, -0.2) is 56.0 Å². The largest absolute Gasteiger partial charge is 0.510 e. The molecule has 0 heterocycles. The number of aryl methyl sites for hydroxylation is 2. The highest BCUT2D eigenvalue weighted by molar-refractivity contribution is 6.00. The van der Waals surface area contributed by atoms with E-state index in [1.807, 2.05) is 12.1 Å². The fourth-order valence-corrected chi connectivity index (χ4v) is 5.28. The third-order valence-corrected chi connectivity index (χ3v) is 8.05. The fourth-order valence-electron chi connectivity index (χ4n) is 5.28. The molecule has 0 spiro atoms. The van der Waals surface area contributed by atoms with Crippen molar-refractivity contribution < 1.29 is 49.2 Å². The molecule has 0 aliphatic carbocycles. The van der Waals surface area contributed by atoms with Crippen LogP contribution in [0.2, 0.25) is 0 Å². The second-order valence-corrected chi connectivity index (χ2v) is 12.7. The number of benzene rings is 4. The van der Waals surface area contributed by atoms with Crippen molar-refractivity contribution in [3.05, 3.63) is 118 Å². The second-order valence-electron chi connectivity index (χ2n) is 12.7. The molecule has 0 atom stereocenters. The molecule has 4 rings (SSSR count). The van der Waals surface area contributed by atoms with Gasteiger partial charge in [0.15, 0.2) is 0 Å². The number of nitrogens with one attached hydrogen (secondary N) is 4. The lowest BCUT2D eigenvalue weighted by molar-refractivity contribution is -0.115. The summed E-state index contributed by atoms with van der Waals surface area (Å²) in [7, 11) is 0. The van der Waals surface area contributed by atoms with E-state index >= 15 is 0 Å². The number of hydrogen-bond acceptors (Lipinski definition) is 12. The summed E-state index contributed by atoms with van der Waals surface area (Å²) in [6, 6.07) is 18.2. The summed E-state index contributed by atoms with van der Waals surface area (Å²) < 4.78 is 0. The quantitative estimate of drug-likeness (QED) is 0.0360. The van der Waals surface area contributed by atoms with E-state index in [0.717, 1.165) is 11.1 Å². The van der Waals surface area contributed by atoms with E-state index < -0.39 is 47.1 Å². The van der Waals surface area contributed by atoms with Crippen LogP contribution in [0.5, 0.6) is 0 Å². The number of rotatable bonds is 13. The van der Waals surface area contributed by atoms with E-state index in [1.54, 1.807) is 38.1 Å². The highest BCUT2D eigenvalue weighted by atomic mass is 16.4. The van der Waals surface area contributed by atoms with Crippen molar-refractivity contribution in [2.75, 3.05) is 21.3 Å². The number of nitrogens with zero attached hydrogens (tertiary/aromatic N) is 4. The topological polar surface area (TPSA) is 281 Å². The molecule has 0 aliphatic rings. The molecule has 0 aromatic heterocycles. The lowest BCUT2D eigenvalue weighted by Crippen LogP contribution is -2.12. The summed E-state index contributed by atoms with van der Waals surface area (Å²) in [5, 5.41) is 65.3. The minimum Gasteiger partial charge on any atom is -0.510 e. The minimum atomic E-state index is -1.36. The molecule has 0 aliphatic heterocycles. The molecule has 18 nitrogen and oxygen atoms in total. The van der Waals surface area contributed by atoms with Gasteiger partial charge in [-0.3, -0.25) is 19.2 Å². The molecule has 4 amide bonds. The Morgan fingerprint density at radius 3 is 1.14 bits per heavy atom. The van der Waals surface area contributed by atoms with Gasteiger partial charge in [-0.1, -0.05) is 12.1 Å². The Balaban J connectivity index is 1.50. The van der Waals surface area contributed by atoms with Gasteiger partial charge in [-0.05, 0) is 111 Å². The molecule has 4 aromatic carbocycles. The van der Waals surface area contributed by atoms with E-state index in [1.165, 1.54) is 64.1 Å². The first-order valence-corrected chi connectivity index (χ1v) is 17.1. The van der Waals surface area contributed by atoms with Gasteiger partial charge in [-0.15, -0.1) is 20.5 Å². The van der Waals surface area contributed by atoms with Gasteiger partial charge in [0.05, 0.1) is 11.1 Å². The lowest BCUT2D eigenvalue weighted by atomic mass is 9.99. The number of aliphatic hydroxyl groups excluding tert-OH is 2. The van der Waals surface area contributed by atoms with Crippen LogP contribution in [0.3, 0.4) is 0 Å². The zero-order valence-electron chi connectivity index (χ0n) is 32.0. The van der Waals surface area contributed by atoms with Crippen LogP contribution >= 0.6 is 0 Å². The van der Waals surface area contributed by atoms with Crippen LogP contribution < -0.4 is 21.3 Å². The molecule has 18 heteroatoms. The van der Waals surface area contributed by atoms with Crippen molar-refractivity contribution in [1.29, 1.82) is 0 Å². The van der Waals surface area contributed by atoms with Gasteiger partial charge < -0.3 is 41.7 Å². The monoisotopic (exact) mass is 790 g/mol. The molecule has 298 valence electrons. The van der Waals surface area contributed by atoms with Crippen molar-refractivity contribution in [3.63, 3.8) is 0 Å². The number of aromatic carboxylic acids is 2. The van der Waals surface area contributed by atoms with E-state index in [4.69, 9.17) is 0 Å². The Hall–Kier alpha value is -8.02. The molecule has 0 unspecified atom stereocenters. The Morgan fingerprint density at radius 1 is 0.483 bits per heavy atom. The third-order valence-electron chi connectivity index (χ3n) is 8.05. The van der Waals surface area contributed by atoms with Crippen molar-refractivity contribution in [2.24, 2.45) is 20.5 Å². The predicted molar refractivity (Wildman–Crippen MR) is 214 cm³/mol. The van der Waals surface area contributed by atoms with Crippen LogP contribution in [0.1, 0.15) is 59.5 Å². The summed E-state index contributed by atoms with van der Waals surface area (Å²) >= 11 is 0. The zero-order chi connectivity index (χ0) is 42.8. The molecule has 0 saturated carbocycles. The average Bonchev–Trinajstić information content (AvgIpc) is 3.14. The van der Waals surface area contributed by atoms with E-state index in [2.05, 4.69) is 41.7 Å². The van der Waals surface area contributed by atoms with Crippen LogP contribution in [0, 0.1) is 13.8 Å². The molecular formula is C40H38N8O10. The second kappa shape index (κ2) is 18.5. The first kappa shape index (κ1) is 42.7. The number of carbonyl (C=O) groups is 6. The number of hydrogen-bond donors (Lipinski definition) is 8. The molecule has 0 radical (unpaired) electrons. The Bertz CT molecular complexity index is 2310. The molecule has 0 bridgehead atoms. The van der Waals surface area contributed by atoms with Crippen molar-refractivity contribution >= 4 is 69.7 Å². The maximum atomic E-state index is 13.0. The third kappa shape index (κ3) is 11.0. The van der Waals surface area contributed by atoms with Crippen LogP contribution in [0.15, 0.2) is 116 Å². The number of carboxylic acids is 2. The molecule has 8 N–H and O–H groups in total. The molecule has 4 aromatic rings. The van der Waals surface area contributed by atoms with Gasteiger partial charge >= 0.3 is 23.8 Å². The highest BCUT2D eigenvalue weighted by Crippen LogP contribution is 2.31. The Labute approximate surface area is 330 Å². The number of amides is 4. The summed E-state index contributed by atoms with van der Waals surface area (Å²) in [6.45, 7) is 8.58. The van der Waals surface area contributed by atoms with Gasteiger partial charge in [0.1, 0.15) is 34.3 Å². The van der Waals surface area contributed by atoms with Crippen LogP contribution in [-0.2, 0) is 19.2 Å². The van der Waals surface area contributed by atoms with E-state index in [9.17, 15) is 49.2 Å². The normalized spacial score (nSPS) is 12.0. The number of aliphatic hydroxyl groups is 2. The average molecular weight is 791 g/mol. The van der Waals surface area contributed by atoms with E-state index in [0.29, 0.717) is 22.5 Å². The number of anilines is 4. The molecule has 58 heavy (non-hydrogen) atoms. The molecule has 0 fully saturated rings. The number of azo groups is 2. The van der Waals surface area contributed by atoms with Gasteiger partial charge in [0.25, 0.3) is 0 Å². The van der Waals surface area contributed by atoms with Gasteiger partial charge in [0, 0.05) is 36.6 Å². The van der Waals surface area contributed by atoms with Crippen LogP contribution in [0.4, 0.5) is 34.1 Å². The zero-order valence-corrected chi connectivity index (χ0v) is 32.0. The van der Waals surface area contributed by atoms with Gasteiger partial charge in [-0.25, -0.2) is 9.59 Å². The van der Waals surface area contributed by atoms with E-state index in [-0.39, 0.29) is 45.3 Å². The molecule has 0 saturated heterocycles. The predicted octanol–water partition coefficient (Wildman–Crippen LogP) is 8.31. The number of carbonyl (C=O) groups excluding carboxylic acids is 4. The SMILES string of the molecule is CC(=O)Nc1ccc(N=NC(=O)C(Nc2ccc(-c3ccc(NC(C(=O)N=Nc4ccc(NC(C)=O)cc4C(=O)O)=C(C)O)c(C)c3)cc2C)=C(C)O)c(C(=O)O)c1. The minimum absolute atomic E-state index is 0.156. The Morgan fingerprint density at radius 2 is 0.845 bits per heavy atom. The van der Waals surface area contributed by atoms with Crippen molar-refractivity contribution in [2.45, 2.75) is 41.5 Å². The summed E-state index contributed by atoms with van der Waals surface area (Å²) in [5.41, 5.74) is 2.60. The maximum Gasteiger partial charge on any atom is 0.338 e. The highest BCUT2D eigenvalue weighted by Gasteiger charge is 2.19. The lowest BCUT2D eigenvalue weighted by Gasteiger charge is -2.15. The van der Waals surface area contributed by atoms with Crippen molar-refractivity contribution in [3.8, 4) is 11.1 Å². The number of allylic oxidation sites excluding steroid dienone is 2. The van der Waals surface area contributed by atoms with Crippen LogP contribution in [0.25, 0.3) is 11.1 Å². The fraction of sp³-hybridized carbons (Fsp3) is 0.150. The first-order valence-electron chi connectivity index (χ1n) is 17.1. The first-order chi connectivity index (χ1) is 27.3.